The molecule has 1 aromatic carbocycles. The molecule has 0 aliphatic rings. The molecule has 3 N–H and O–H groups in total. The van der Waals surface area contributed by atoms with Crippen molar-refractivity contribution in [3.63, 3.8) is 0 Å². The number of aromatic hydroxyl groups is 1. The van der Waals surface area contributed by atoms with Crippen LogP contribution in [0.15, 0.2) is 30.3 Å². The summed E-state index contributed by atoms with van der Waals surface area (Å²) in [4.78, 5) is 0. The minimum Gasteiger partial charge on any atom is -0.508 e. The summed E-state index contributed by atoms with van der Waals surface area (Å²) in [5, 5.41) is 13.4. The third-order valence-electron chi connectivity index (χ3n) is 1.98. The Balaban J connectivity index is 2.53. The lowest BCUT2D eigenvalue weighted by Crippen LogP contribution is -1.99. The minimum atomic E-state index is 0.170. The van der Waals surface area contributed by atoms with Gasteiger partial charge in [0.05, 0.1) is 12.8 Å². The standard InChI is InChI=1S/C10H11N3O2/c1-15-10-6-9(11)12-13(10)7-3-2-4-8(14)5-7/h2-6,14H,1H3,(H2,11,12). The highest BCUT2D eigenvalue weighted by molar-refractivity contribution is 5.44. The van der Waals surface area contributed by atoms with Crippen LogP contribution < -0.4 is 10.5 Å². The summed E-state index contributed by atoms with van der Waals surface area (Å²) in [6.07, 6.45) is 0. The molecule has 0 atom stereocenters. The van der Waals surface area contributed by atoms with Crippen LogP contribution in [0.5, 0.6) is 11.6 Å². The predicted octanol–water partition coefficient (Wildman–Crippen LogP) is 1.17. The molecule has 0 aliphatic heterocycles. The third kappa shape index (κ3) is 1.71. The summed E-state index contributed by atoms with van der Waals surface area (Å²) in [7, 11) is 1.54. The van der Waals surface area contributed by atoms with Gasteiger partial charge in [-0.1, -0.05) is 6.07 Å². The number of hydrogen-bond donors (Lipinski definition) is 2. The van der Waals surface area contributed by atoms with Crippen LogP contribution in [0.3, 0.4) is 0 Å². The number of benzene rings is 1. The van der Waals surface area contributed by atoms with Crippen LogP contribution in [0.25, 0.3) is 5.69 Å². The van der Waals surface area contributed by atoms with Crippen molar-refractivity contribution in [2.24, 2.45) is 0 Å². The van der Waals surface area contributed by atoms with E-state index >= 15 is 0 Å². The second-order valence-corrected chi connectivity index (χ2v) is 3.04. The first kappa shape index (κ1) is 9.39. The van der Waals surface area contributed by atoms with Crippen LogP contribution in [-0.4, -0.2) is 22.0 Å². The third-order valence-corrected chi connectivity index (χ3v) is 1.98. The highest BCUT2D eigenvalue weighted by atomic mass is 16.5. The molecular weight excluding hydrogens is 194 g/mol. The Bertz CT molecular complexity index is 479. The fourth-order valence-electron chi connectivity index (χ4n) is 1.34. The van der Waals surface area contributed by atoms with E-state index in [4.69, 9.17) is 10.5 Å². The van der Waals surface area contributed by atoms with Crippen molar-refractivity contribution in [2.45, 2.75) is 0 Å². The van der Waals surface area contributed by atoms with Gasteiger partial charge >= 0.3 is 0 Å². The van der Waals surface area contributed by atoms with Crippen molar-refractivity contribution in [1.82, 2.24) is 9.78 Å². The van der Waals surface area contributed by atoms with Gasteiger partial charge in [-0.2, -0.15) is 4.68 Å². The molecule has 1 aromatic heterocycles. The molecule has 5 heteroatoms. The fraction of sp³-hybridized carbons (Fsp3) is 0.100. The molecule has 0 radical (unpaired) electrons. The lowest BCUT2D eigenvalue weighted by Gasteiger charge is -2.05. The average molecular weight is 205 g/mol. The van der Waals surface area contributed by atoms with Gasteiger partial charge in [0, 0.05) is 12.1 Å². The van der Waals surface area contributed by atoms with Crippen molar-refractivity contribution in [3.05, 3.63) is 30.3 Å². The molecule has 0 aliphatic carbocycles. The normalized spacial score (nSPS) is 10.2. The van der Waals surface area contributed by atoms with E-state index < -0.39 is 0 Å². The van der Waals surface area contributed by atoms with E-state index in [0.717, 1.165) is 0 Å². The summed E-state index contributed by atoms with van der Waals surface area (Å²) >= 11 is 0. The lowest BCUT2D eigenvalue weighted by atomic mass is 10.3. The smallest absolute Gasteiger partial charge is 0.218 e. The highest BCUT2D eigenvalue weighted by Gasteiger charge is 2.07. The van der Waals surface area contributed by atoms with Crippen molar-refractivity contribution in [1.29, 1.82) is 0 Å². The number of nitrogens with two attached hydrogens (primary N) is 1. The number of hydrogen-bond acceptors (Lipinski definition) is 4. The van der Waals surface area contributed by atoms with Crippen molar-refractivity contribution < 1.29 is 9.84 Å². The molecule has 0 spiro atoms. The molecule has 0 amide bonds. The van der Waals surface area contributed by atoms with Gasteiger partial charge in [0.1, 0.15) is 11.6 Å². The molecule has 0 fully saturated rings. The maximum atomic E-state index is 9.33. The molecule has 0 unspecified atom stereocenters. The van der Waals surface area contributed by atoms with E-state index in [1.54, 1.807) is 30.3 Å². The Labute approximate surface area is 86.7 Å². The topological polar surface area (TPSA) is 73.3 Å². The van der Waals surface area contributed by atoms with E-state index in [1.165, 1.54) is 11.8 Å². The number of ether oxygens (including phenoxy) is 1. The van der Waals surface area contributed by atoms with Gasteiger partial charge in [0.15, 0.2) is 0 Å². The van der Waals surface area contributed by atoms with Gasteiger partial charge in [0.2, 0.25) is 5.88 Å². The van der Waals surface area contributed by atoms with Gasteiger partial charge in [-0.25, -0.2) is 0 Å². The average Bonchev–Trinajstić information content (AvgIpc) is 2.59. The van der Waals surface area contributed by atoms with E-state index in [-0.39, 0.29) is 5.75 Å². The molecule has 5 nitrogen and oxygen atoms in total. The molecule has 78 valence electrons. The SMILES string of the molecule is COc1cc(N)nn1-c1cccc(O)c1. The first-order valence-corrected chi connectivity index (χ1v) is 4.39. The zero-order valence-corrected chi connectivity index (χ0v) is 8.21. The number of phenolic OH excluding ortho intramolecular Hbond substituents is 1. The molecular formula is C10H11N3O2. The monoisotopic (exact) mass is 205 g/mol. The fourth-order valence-corrected chi connectivity index (χ4v) is 1.34. The number of rotatable bonds is 2. The van der Waals surface area contributed by atoms with E-state index in [1.807, 2.05) is 0 Å². The van der Waals surface area contributed by atoms with Crippen molar-refractivity contribution >= 4 is 5.82 Å². The highest BCUT2D eigenvalue weighted by Crippen LogP contribution is 2.22. The zero-order valence-electron chi connectivity index (χ0n) is 8.21. The first-order valence-electron chi connectivity index (χ1n) is 4.39. The molecule has 15 heavy (non-hydrogen) atoms. The van der Waals surface area contributed by atoms with Crippen LogP contribution in [0.4, 0.5) is 5.82 Å². The summed E-state index contributed by atoms with van der Waals surface area (Å²) < 4.78 is 6.62. The molecule has 0 saturated heterocycles. The molecule has 0 bridgehead atoms. The van der Waals surface area contributed by atoms with Crippen LogP contribution in [-0.2, 0) is 0 Å². The molecule has 2 rings (SSSR count). The van der Waals surface area contributed by atoms with E-state index in [2.05, 4.69) is 5.10 Å². The Morgan fingerprint density at radius 2 is 2.20 bits per heavy atom. The first-order chi connectivity index (χ1) is 7.20. The molecule has 1 heterocycles. The van der Waals surface area contributed by atoms with Crippen LogP contribution in [0, 0.1) is 0 Å². The van der Waals surface area contributed by atoms with Crippen molar-refractivity contribution in [3.8, 4) is 17.3 Å². The van der Waals surface area contributed by atoms with Crippen LogP contribution in [0.1, 0.15) is 0 Å². The Hall–Kier alpha value is -2.17. The maximum absolute atomic E-state index is 9.33. The molecule has 0 saturated carbocycles. The Kier molecular flexibility index (Phi) is 2.21. The van der Waals surface area contributed by atoms with Crippen molar-refractivity contribution in [2.75, 3.05) is 12.8 Å². The van der Waals surface area contributed by atoms with Gasteiger partial charge < -0.3 is 15.6 Å². The van der Waals surface area contributed by atoms with Gasteiger partial charge in [-0.05, 0) is 12.1 Å². The quantitative estimate of drug-likeness (QED) is 0.771. The summed E-state index contributed by atoms with van der Waals surface area (Å²) in [5.41, 5.74) is 6.25. The van der Waals surface area contributed by atoms with E-state index in [9.17, 15) is 5.11 Å². The Morgan fingerprint density at radius 3 is 2.87 bits per heavy atom. The van der Waals surface area contributed by atoms with Gasteiger partial charge in [-0.3, -0.25) is 0 Å². The number of phenols is 1. The second kappa shape index (κ2) is 3.53. The van der Waals surface area contributed by atoms with Crippen LogP contribution >= 0.6 is 0 Å². The van der Waals surface area contributed by atoms with Gasteiger partial charge in [0.25, 0.3) is 0 Å². The summed E-state index contributed by atoms with van der Waals surface area (Å²) in [6.45, 7) is 0. The predicted molar refractivity (Wildman–Crippen MR) is 56.2 cm³/mol. The number of nitrogens with zero attached hydrogens (tertiary/aromatic N) is 2. The Morgan fingerprint density at radius 1 is 1.40 bits per heavy atom. The lowest BCUT2D eigenvalue weighted by molar-refractivity contribution is 0.383. The zero-order chi connectivity index (χ0) is 10.8. The minimum absolute atomic E-state index is 0.170. The number of methoxy groups -OCH3 is 1. The number of nitrogen functional groups attached to an aromatic ring is 1. The second-order valence-electron chi connectivity index (χ2n) is 3.04. The number of aromatic nitrogens is 2. The summed E-state index contributed by atoms with van der Waals surface area (Å²) in [5.74, 6) is 1.07. The van der Waals surface area contributed by atoms with Crippen LogP contribution in [0.2, 0.25) is 0 Å². The number of anilines is 1. The summed E-state index contributed by atoms with van der Waals surface area (Å²) in [6, 6.07) is 8.30. The van der Waals surface area contributed by atoms with E-state index in [0.29, 0.717) is 17.4 Å². The van der Waals surface area contributed by atoms with Gasteiger partial charge in [-0.15, -0.1) is 5.10 Å². The largest absolute Gasteiger partial charge is 0.508 e. The maximum Gasteiger partial charge on any atom is 0.218 e. The molecule has 2 aromatic rings.